The molecule has 0 aromatic heterocycles. The van der Waals surface area contributed by atoms with Crippen LogP contribution in [0.25, 0.3) is 0 Å². The number of ether oxygens (including phenoxy) is 2. The first-order chi connectivity index (χ1) is 9.59. The molecule has 21 heavy (non-hydrogen) atoms. The number of nitrogens with one attached hydrogen (secondary N) is 1. The minimum absolute atomic E-state index is 0.0784. The number of benzene rings is 1. The lowest BCUT2D eigenvalue weighted by Gasteiger charge is -2.23. The highest BCUT2D eigenvalue weighted by atomic mass is 16.6. The molecule has 0 heterocycles. The number of anilines is 1. The summed E-state index contributed by atoms with van der Waals surface area (Å²) in [6, 6.07) is 4.96. The van der Waals surface area contributed by atoms with Gasteiger partial charge in [-0.15, -0.1) is 0 Å². The second-order valence-electron chi connectivity index (χ2n) is 6.02. The van der Waals surface area contributed by atoms with Gasteiger partial charge in [0.2, 0.25) is 0 Å². The Labute approximate surface area is 125 Å². The number of amides is 1. The van der Waals surface area contributed by atoms with Gasteiger partial charge >= 0.3 is 6.09 Å². The number of hydrogen-bond acceptors (Lipinski definition) is 5. The monoisotopic (exact) mass is 296 g/mol. The third-order valence-corrected chi connectivity index (χ3v) is 2.86. The Kier molecular flexibility index (Phi) is 5.20. The molecule has 0 fully saturated rings. The van der Waals surface area contributed by atoms with Gasteiger partial charge in [0, 0.05) is 6.54 Å². The molecule has 6 nitrogen and oxygen atoms in total. The van der Waals surface area contributed by atoms with E-state index in [0.717, 1.165) is 0 Å². The quantitative estimate of drug-likeness (QED) is 0.792. The van der Waals surface area contributed by atoms with E-state index in [-0.39, 0.29) is 6.54 Å². The molecule has 6 heteroatoms. The highest BCUT2D eigenvalue weighted by molar-refractivity contribution is 5.87. The fraction of sp³-hybridized carbons (Fsp3) is 0.533. The maximum atomic E-state index is 11.8. The number of methoxy groups -OCH3 is 1. The van der Waals surface area contributed by atoms with Crippen molar-refractivity contribution in [2.45, 2.75) is 38.9 Å². The zero-order valence-corrected chi connectivity index (χ0v) is 13.2. The summed E-state index contributed by atoms with van der Waals surface area (Å²) >= 11 is 0. The third-order valence-electron chi connectivity index (χ3n) is 2.86. The average Bonchev–Trinajstić information content (AvgIpc) is 2.36. The van der Waals surface area contributed by atoms with Crippen molar-refractivity contribution in [3.63, 3.8) is 0 Å². The predicted molar refractivity (Wildman–Crippen MR) is 81.5 cm³/mol. The standard InChI is InChI=1S/C15H24N2O4/c1-14(2,3)21-13(18)17-11-7-6-10(8-12(11)20-5)15(4,19)9-16/h6-8,19H,9,16H2,1-5H3,(H,17,18). The van der Waals surface area contributed by atoms with Crippen molar-refractivity contribution in [1.82, 2.24) is 0 Å². The highest BCUT2D eigenvalue weighted by Gasteiger charge is 2.23. The van der Waals surface area contributed by atoms with Crippen LogP contribution in [-0.4, -0.2) is 30.5 Å². The molecule has 0 aliphatic carbocycles. The van der Waals surface area contributed by atoms with Crippen LogP contribution in [0.5, 0.6) is 5.75 Å². The van der Waals surface area contributed by atoms with Crippen molar-refractivity contribution in [2.75, 3.05) is 19.0 Å². The topological polar surface area (TPSA) is 93.8 Å². The SMILES string of the molecule is COc1cc(C(C)(O)CN)ccc1NC(=O)OC(C)(C)C. The maximum Gasteiger partial charge on any atom is 0.412 e. The van der Waals surface area contributed by atoms with Crippen LogP contribution in [0.1, 0.15) is 33.3 Å². The van der Waals surface area contributed by atoms with Crippen molar-refractivity contribution in [1.29, 1.82) is 0 Å². The van der Waals surface area contributed by atoms with Crippen molar-refractivity contribution >= 4 is 11.8 Å². The Morgan fingerprint density at radius 2 is 1.95 bits per heavy atom. The Bertz CT molecular complexity index is 507. The van der Waals surface area contributed by atoms with E-state index in [9.17, 15) is 9.90 Å². The molecular weight excluding hydrogens is 272 g/mol. The van der Waals surface area contributed by atoms with Gasteiger partial charge in [-0.1, -0.05) is 6.07 Å². The van der Waals surface area contributed by atoms with Crippen molar-refractivity contribution in [2.24, 2.45) is 5.73 Å². The first-order valence-corrected chi connectivity index (χ1v) is 6.70. The zero-order valence-electron chi connectivity index (χ0n) is 13.2. The van der Waals surface area contributed by atoms with Gasteiger partial charge in [-0.2, -0.15) is 0 Å². The van der Waals surface area contributed by atoms with Gasteiger partial charge in [0.05, 0.1) is 18.4 Å². The summed E-state index contributed by atoms with van der Waals surface area (Å²) in [5, 5.41) is 12.8. The fourth-order valence-electron chi connectivity index (χ4n) is 1.66. The number of hydrogen-bond donors (Lipinski definition) is 3. The summed E-state index contributed by atoms with van der Waals surface area (Å²) in [6.07, 6.45) is -0.570. The third kappa shape index (κ3) is 4.91. The lowest BCUT2D eigenvalue weighted by Crippen LogP contribution is -2.31. The first-order valence-electron chi connectivity index (χ1n) is 6.70. The number of nitrogens with two attached hydrogens (primary N) is 1. The molecule has 0 spiro atoms. The van der Waals surface area contributed by atoms with Gasteiger partial charge in [-0.3, -0.25) is 5.32 Å². The van der Waals surface area contributed by atoms with E-state index in [2.05, 4.69) is 5.32 Å². The van der Waals surface area contributed by atoms with Gasteiger partial charge in [0.15, 0.2) is 0 Å². The van der Waals surface area contributed by atoms with Crippen LogP contribution in [0, 0.1) is 0 Å². The molecule has 1 aromatic rings. The van der Waals surface area contributed by atoms with Crippen LogP contribution < -0.4 is 15.8 Å². The van der Waals surface area contributed by atoms with E-state index in [1.165, 1.54) is 7.11 Å². The molecule has 1 amide bonds. The van der Waals surface area contributed by atoms with Crippen LogP contribution in [0.4, 0.5) is 10.5 Å². The molecule has 118 valence electrons. The Morgan fingerprint density at radius 3 is 2.43 bits per heavy atom. The number of aliphatic hydroxyl groups is 1. The molecule has 0 saturated heterocycles. The van der Waals surface area contributed by atoms with Crippen molar-refractivity contribution in [3.8, 4) is 5.75 Å². The van der Waals surface area contributed by atoms with Crippen molar-refractivity contribution < 1.29 is 19.4 Å². The van der Waals surface area contributed by atoms with Crippen LogP contribution in [0.2, 0.25) is 0 Å². The largest absolute Gasteiger partial charge is 0.495 e. The van der Waals surface area contributed by atoms with Gasteiger partial charge in [-0.25, -0.2) is 4.79 Å². The molecule has 4 N–H and O–H groups in total. The van der Waals surface area contributed by atoms with Crippen molar-refractivity contribution in [3.05, 3.63) is 23.8 Å². The van der Waals surface area contributed by atoms with E-state index in [0.29, 0.717) is 17.0 Å². The predicted octanol–water partition coefficient (Wildman–Crippen LogP) is 2.21. The molecule has 0 saturated carbocycles. The van der Waals surface area contributed by atoms with Crippen LogP contribution >= 0.6 is 0 Å². The molecule has 1 rings (SSSR count). The van der Waals surface area contributed by atoms with E-state index in [4.69, 9.17) is 15.2 Å². The molecule has 1 aromatic carbocycles. The van der Waals surface area contributed by atoms with Gasteiger partial charge in [0.1, 0.15) is 11.4 Å². The Morgan fingerprint density at radius 1 is 1.33 bits per heavy atom. The summed E-state index contributed by atoms with van der Waals surface area (Å²) in [7, 11) is 1.48. The van der Waals surface area contributed by atoms with Gasteiger partial charge in [0.25, 0.3) is 0 Å². The summed E-state index contributed by atoms with van der Waals surface area (Å²) in [5.74, 6) is 0.423. The summed E-state index contributed by atoms with van der Waals surface area (Å²) in [4.78, 5) is 11.8. The molecular formula is C15H24N2O4. The lowest BCUT2D eigenvalue weighted by atomic mass is 9.96. The minimum atomic E-state index is -1.16. The molecule has 0 radical (unpaired) electrons. The summed E-state index contributed by atoms with van der Waals surface area (Å²) in [5.41, 5.74) is 4.87. The second kappa shape index (κ2) is 6.32. The number of rotatable bonds is 4. The molecule has 1 atom stereocenters. The number of carbonyl (C=O) groups is 1. The van der Waals surface area contributed by atoms with Gasteiger partial charge in [-0.05, 0) is 45.4 Å². The molecule has 1 unspecified atom stereocenters. The summed E-state index contributed by atoms with van der Waals surface area (Å²) < 4.78 is 10.4. The summed E-state index contributed by atoms with van der Waals surface area (Å²) in [6.45, 7) is 7.04. The molecule has 0 aliphatic heterocycles. The van der Waals surface area contributed by atoms with E-state index in [1.54, 1.807) is 45.9 Å². The van der Waals surface area contributed by atoms with Crippen LogP contribution in [-0.2, 0) is 10.3 Å². The number of carbonyl (C=O) groups excluding carboxylic acids is 1. The Hall–Kier alpha value is -1.79. The molecule has 0 aliphatic rings. The second-order valence-corrected chi connectivity index (χ2v) is 6.02. The smallest absolute Gasteiger partial charge is 0.412 e. The van der Waals surface area contributed by atoms with Crippen LogP contribution in [0.3, 0.4) is 0 Å². The lowest BCUT2D eigenvalue weighted by molar-refractivity contribution is 0.0635. The van der Waals surface area contributed by atoms with E-state index in [1.807, 2.05) is 0 Å². The normalized spacial score (nSPS) is 14.2. The Balaban J connectivity index is 2.97. The van der Waals surface area contributed by atoms with Crippen LogP contribution in [0.15, 0.2) is 18.2 Å². The average molecular weight is 296 g/mol. The first kappa shape index (κ1) is 17.3. The van der Waals surface area contributed by atoms with E-state index >= 15 is 0 Å². The molecule has 0 bridgehead atoms. The fourth-order valence-corrected chi connectivity index (χ4v) is 1.66. The highest BCUT2D eigenvalue weighted by Crippen LogP contribution is 2.30. The minimum Gasteiger partial charge on any atom is -0.495 e. The zero-order chi connectivity index (χ0) is 16.3. The van der Waals surface area contributed by atoms with Gasteiger partial charge < -0.3 is 20.3 Å². The maximum absolute atomic E-state index is 11.8. The van der Waals surface area contributed by atoms with E-state index < -0.39 is 17.3 Å².